The second-order valence-corrected chi connectivity index (χ2v) is 6.38. The van der Waals surface area contributed by atoms with E-state index in [2.05, 4.69) is 15.4 Å². The smallest absolute Gasteiger partial charge is 0.343 e. The molecule has 0 aliphatic carbocycles. The number of aryl methyl sites for hydroxylation is 1. The van der Waals surface area contributed by atoms with Gasteiger partial charge in [0.2, 0.25) is 0 Å². The van der Waals surface area contributed by atoms with Gasteiger partial charge in [0.15, 0.2) is 5.65 Å². The first-order chi connectivity index (χ1) is 14.1. The van der Waals surface area contributed by atoms with Gasteiger partial charge in [0, 0.05) is 30.7 Å². The molecule has 0 fully saturated rings. The lowest BCUT2D eigenvalue weighted by Gasteiger charge is -2.09. The summed E-state index contributed by atoms with van der Waals surface area (Å²) in [5.74, 6) is -0.658. The molecule has 8 nitrogen and oxygen atoms in total. The third-order valence-corrected chi connectivity index (χ3v) is 4.49. The number of amides is 1. The standard InChI is InChI=1S/C21H19N5O3/c1-3-29-21(28)16-13-23-26-17(9-10-22-19(16)26)14-6-4-7-15(12-14)24-20(27)18-8-5-11-25(18)2/h4-13H,3H2,1-2H3,(H,24,27). The average molecular weight is 389 g/mol. The number of carbonyl (C=O) groups excluding carboxylic acids is 2. The lowest BCUT2D eigenvalue weighted by atomic mass is 10.1. The maximum absolute atomic E-state index is 12.5. The van der Waals surface area contributed by atoms with Crippen LogP contribution in [0.1, 0.15) is 27.8 Å². The number of fused-ring (bicyclic) bond motifs is 1. The molecule has 0 bridgehead atoms. The summed E-state index contributed by atoms with van der Waals surface area (Å²) in [6.07, 6.45) is 4.88. The van der Waals surface area contributed by atoms with Gasteiger partial charge in [0.25, 0.3) is 5.91 Å². The van der Waals surface area contributed by atoms with E-state index in [1.54, 1.807) is 34.3 Å². The molecule has 3 heterocycles. The largest absolute Gasteiger partial charge is 0.462 e. The molecule has 1 aromatic carbocycles. The van der Waals surface area contributed by atoms with Gasteiger partial charge in [-0.2, -0.15) is 5.10 Å². The normalized spacial score (nSPS) is 10.8. The molecule has 4 aromatic rings. The number of anilines is 1. The molecule has 3 aromatic heterocycles. The topological polar surface area (TPSA) is 90.5 Å². The van der Waals surface area contributed by atoms with Crippen LogP contribution in [0.3, 0.4) is 0 Å². The van der Waals surface area contributed by atoms with E-state index in [9.17, 15) is 9.59 Å². The third-order valence-electron chi connectivity index (χ3n) is 4.49. The number of ether oxygens (including phenoxy) is 1. The first-order valence-electron chi connectivity index (χ1n) is 9.11. The second kappa shape index (κ2) is 7.59. The Bertz CT molecular complexity index is 1210. The summed E-state index contributed by atoms with van der Waals surface area (Å²) in [6.45, 7) is 2.02. The summed E-state index contributed by atoms with van der Waals surface area (Å²) in [4.78, 5) is 28.9. The first kappa shape index (κ1) is 18.4. The number of hydrogen-bond donors (Lipinski definition) is 1. The van der Waals surface area contributed by atoms with E-state index < -0.39 is 5.97 Å². The Balaban J connectivity index is 1.68. The van der Waals surface area contributed by atoms with Gasteiger partial charge in [-0.05, 0) is 37.3 Å². The highest BCUT2D eigenvalue weighted by Crippen LogP contribution is 2.24. The number of nitrogens with zero attached hydrogens (tertiary/aromatic N) is 4. The fourth-order valence-electron chi connectivity index (χ4n) is 3.11. The number of esters is 1. The fourth-order valence-corrected chi connectivity index (χ4v) is 3.11. The van der Waals surface area contributed by atoms with Crippen LogP contribution in [0.4, 0.5) is 5.69 Å². The van der Waals surface area contributed by atoms with E-state index in [0.29, 0.717) is 22.6 Å². The predicted octanol–water partition coefficient (Wildman–Crippen LogP) is 3.16. The molecule has 0 aliphatic rings. The number of hydrogen-bond acceptors (Lipinski definition) is 5. The maximum atomic E-state index is 12.5. The van der Waals surface area contributed by atoms with Gasteiger partial charge in [0.05, 0.1) is 18.5 Å². The van der Waals surface area contributed by atoms with Gasteiger partial charge in [-0.1, -0.05) is 12.1 Å². The molecule has 0 saturated heterocycles. The van der Waals surface area contributed by atoms with E-state index in [1.165, 1.54) is 6.20 Å². The van der Waals surface area contributed by atoms with E-state index >= 15 is 0 Å². The van der Waals surface area contributed by atoms with Crippen molar-refractivity contribution in [1.29, 1.82) is 0 Å². The van der Waals surface area contributed by atoms with Gasteiger partial charge < -0.3 is 14.6 Å². The van der Waals surface area contributed by atoms with Crippen LogP contribution < -0.4 is 5.32 Å². The molecular weight excluding hydrogens is 370 g/mol. The van der Waals surface area contributed by atoms with Crippen molar-refractivity contribution in [2.24, 2.45) is 7.05 Å². The highest BCUT2D eigenvalue weighted by molar-refractivity contribution is 6.03. The summed E-state index contributed by atoms with van der Waals surface area (Å²) < 4.78 is 8.41. The Kier molecular flexibility index (Phi) is 4.82. The zero-order chi connectivity index (χ0) is 20.4. The van der Waals surface area contributed by atoms with Crippen molar-refractivity contribution in [2.75, 3.05) is 11.9 Å². The van der Waals surface area contributed by atoms with Crippen molar-refractivity contribution >= 4 is 23.2 Å². The van der Waals surface area contributed by atoms with E-state index in [4.69, 9.17) is 4.74 Å². The Hall–Kier alpha value is -3.94. The molecule has 0 unspecified atom stereocenters. The lowest BCUT2D eigenvalue weighted by Crippen LogP contribution is -2.15. The second-order valence-electron chi connectivity index (χ2n) is 6.38. The minimum Gasteiger partial charge on any atom is -0.462 e. The van der Waals surface area contributed by atoms with Gasteiger partial charge in [0.1, 0.15) is 11.3 Å². The number of nitrogens with one attached hydrogen (secondary N) is 1. The summed E-state index contributed by atoms with van der Waals surface area (Å²) in [6, 6.07) is 12.8. The van der Waals surface area contributed by atoms with Gasteiger partial charge >= 0.3 is 5.97 Å². The van der Waals surface area contributed by atoms with E-state index in [-0.39, 0.29) is 12.5 Å². The van der Waals surface area contributed by atoms with Crippen LogP contribution in [0.2, 0.25) is 0 Å². The Morgan fingerprint density at radius 3 is 2.79 bits per heavy atom. The zero-order valence-electron chi connectivity index (χ0n) is 16.0. The molecule has 4 rings (SSSR count). The minimum absolute atomic E-state index is 0.196. The van der Waals surface area contributed by atoms with Gasteiger partial charge in [-0.25, -0.2) is 14.3 Å². The Morgan fingerprint density at radius 1 is 1.17 bits per heavy atom. The number of carbonyl (C=O) groups is 2. The molecule has 8 heteroatoms. The monoisotopic (exact) mass is 389 g/mol. The van der Waals surface area contributed by atoms with Crippen LogP contribution in [0.15, 0.2) is 61.1 Å². The van der Waals surface area contributed by atoms with E-state index in [0.717, 1.165) is 11.3 Å². The molecule has 0 atom stereocenters. The molecule has 0 aliphatic heterocycles. The fraction of sp³-hybridized carbons (Fsp3) is 0.143. The van der Waals surface area contributed by atoms with Crippen molar-refractivity contribution in [1.82, 2.24) is 19.2 Å². The van der Waals surface area contributed by atoms with Crippen LogP contribution in [0, 0.1) is 0 Å². The van der Waals surface area contributed by atoms with Crippen molar-refractivity contribution in [3.8, 4) is 11.3 Å². The molecule has 146 valence electrons. The number of aromatic nitrogens is 4. The third kappa shape index (κ3) is 3.47. The number of rotatable bonds is 5. The quantitative estimate of drug-likeness (QED) is 0.530. The molecule has 0 saturated carbocycles. The highest BCUT2D eigenvalue weighted by atomic mass is 16.5. The van der Waals surface area contributed by atoms with Crippen LogP contribution in [0.5, 0.6) is 0 Å². The lowest BCUT2D eigenvalue weighted by molar-refractivity contribution is 0.0528. The first-order valence-corrected chi connectivity index (χ1v) is 9.11. The maximum Gasteiger partial charge on any atom is 0.343 e. The van der Waals surface area contributed by atoms with E-state index in [1.807, 2.05) is 43.6 Å². The molecule has 1 N–H and O–H groups in total. The van der Waals surface area contributed by atoms with Crippen molar-refractivity contribution in [3.05, 3.63) is 72.3 Å². The molecule has 29 heavy (non-hydrogen) atoms. The molecular formula is C21H19N5O3. The SMILES string of the molecule is CCOC(=O)c1cnn2c(-c3cccc(NC(=O)c4cccn4C)c3)ccnc12. The van der Waals surface area contributed by atoms with Crippen LogP contribution >= 0.6 is 0 Å². The zero-order valence-corrected chi connectivity index (χ0v) is 16.0. The van der Waals surface area contributed by atoms with Gasteiger partial charge in [-0.3, -0.25) is 4.79 Å². The molecule has 0 spiro atoms. The minimum atomic E-state index is -0.462. The Morgan fingerprint density at radius 2 is 2.03 bits per heavy atom. The summed E-state index contributed by atoms with van der Waals surface area (Å²) in [5.41, 5.74) is 3.49. The summed E-state index contributed by atoms with van der Waals surface area (Å²) in [7, 11) is 1.82. The molecule has 1 amide bonds. The van der Waals surface area contributed by atoms with Crippen molar-refractivity contribution in [3.63, 3.8) is 0 Å². The molecule has 0 radical (unpaired) electrons. The van der Waals surface area contributed by atoms with Crippen LogP contribution in [-0.2, 0) is 11.8 Å². The summed E-state index contributed by atoms with van der Waals surface area (Å²) >= 11 is 0. The van der Waals surface area contributed by atoms with Gasteiger partial charge in [-0.15, -0.1) is 0 Å². The Labute approximate surface area is 166 Å². The van der Waals surface area contributed by atoms with Crippen LogP contribution in [0.25, 0.3) is 16.9 Å². The number of benzene rings is 1. The average Bonchev–Trinajstić information content (AvgIpc) is 3.34. The van der Waals surface area contributed by atoms with Crippen molar-refractivity contribution < 1.29 is 14.3 Å². The summed E-state index contributed by atoms with van der Waals surface area (Å²) in [5, 5.41) is 7.21. The predicted molar refractivity (Wildman–Crippen MR) is 108 cm³/mol. The highest BCUT2D eigenvalue weighted by Gasteiger charge is 2.17. The van der Waals surface area contributed by atoms with Crippen molar-refractivity contribution in [2.45, 2.75) is 6.92 Å². The van der Waals surface area contributed by atoms with Crippen LogP contribution in [-0.4, -0.2) is 37.6 Å².